The van der Waals surface area contributed by atoms with Crippen LogP contribution in [0.5, 0.6) is 0 Å². The fraction of sp³-hybridized carbons (Fsp3) is 0.500. The molecule has 4 heteroatoms. The number of benzene rings is 1. The molecule has 1 heterocycles. The van der Waals surface area contributed by atoms with Gasteiger partial charge >= 0.3 is 0 Å². The summed E-state index contributed by atoms with van der Waals surface area (Å²) in [7, 11) is 0. The maximum Gasteiger partial charge on any atom is 0.124 e. The van der Waals surface area contributed by atoms with E-state index in [2.05, 4.69) is 23.4 Å². The number of nitrogens with zero attached hydrogens (tertiary/aromatic N) is 2. The lowest BCUT2D eigenvalue weighted by Crippen LogP contribution is -2.04. The molecule has 0 N–H and O–H groups in total. The average Bonchev–Trinajstić information content (AvgIpc) is 2.68. The van der Waals surface area contributed by atoms with E-state index < -0.39 is 0 Å². The average molecular weight is 285 g/mol. The Morgan fingerprint density at radius 3 is 2.78 bits per heavy atom. The minimum Gasteiger partial charge on any atom is -0.326 e. The van der Waals surface area contributed by atoms with Crippen molar-refractivity contribution in [3.8, 4) is 0 Å². The fourth-order valence-electron chi connectivity index (χ4n) is 2.19. The van der Waals surface area contributed by atoms with E-state index in [1.165, 1.54) is 6.42 Å². The molecule has 0 aliphatic heterocycles. The zero-order valence-electron chi connectivity index (χ0n) is 10.8. The van der Waals surface area contributed by atoms with Crippen LogP contribution in [0.1, 0.15) is 32.5 Å². The summed E-state index contributed by atoms with van der Waals surface area (Å²) in [6.45, 7) is 5.41. The highest BCUT2D eigenvalue weighted by Crippen LogP contribution is 2.26. The smallest absolute Gasteiger partial charge is 0.124 e. The molecule has 0 fully saturated rings. The van der Waals surface area contributed by atoms with Crippen molar-refractivity contribution in [3.05, 3.63) is 29.0 Å². The third-order valence-electron chi connectivity index (χ3n) is 3.08. The van der Waals surface area contributed by atoms with Gasteiger partial charge in [0.2, 0.25) is 0 Å². The predicted octanol–water partition coefficient (Wildman–Crippen LogP) is 4.86. The number of hydrogen-bond acceptors (Lipinski definition) is 1. The van der Waals surface area contributed by atoms with Crippen LogP contribution in [0.3, 0.4) is 0 Å². The van der Waals surface area contributed by atoms with Crippen molar-refractivity contribution in [2.75, 3.05) is 0 Å². The number of halogens is 2. The molecule has 18 heavy (non-hydrogen) atoms. The van der Waals surface area contributed by atoms with E-state index in [1.54, 1.807) is 0 Å². The van der Waals surface area contributed by atoms with E-state index in [9.17, 15) is 0 Å². The van der Waals surface area contributed by atoms with Crippen LogP contribution in [0, 0.1) is 5.92 Å². The van der Waals surface area contributed by atoms with Gasteiger partial charge in [-0.25, -0.2) is 4.98 Å². The first-order valence-corrected chi connectivity index (χ1v) is 7.24. The first-order valence-electron chi connectivity index (χ1n) is 6.33. The van der Waals surface area contributed by atoms with Crippen LogP contribution >= 0.6 is 23.2 Å². The number of aromatic nitrogens is 2. The topological polar surface area (TPSA) is 17.8 Å². The third kappa shape index (κ3) is 2.81. The summed E-state index contributed by atoms with van der Waals surface area (Å²) in [6, 6.07) is 5.81. The molecule has 0 atom stereocenters. The highest BCUT2D eigenvalue weighted by atomic mass is 35.5. The summed E-state index contributed by atoms with van der Waals surface area (Å²) < 4.78 is 2.16. The number of aryl methyl sites for hydroxylation is 1. The summed E-state index contributed by atoms with van der Waals surface area (Å²) >= 11 is 12.2. The van der Waals surface area contributed by atoms with Gasteiger partial charge in [-0.1, -0.05) is 31.5 Å². The van der Waals surface area contributed by atoms with Gasteiger partial charge in [-0.2, -0.15) is 0 Å². The van der Waals surface area contributed by atoms with Gasteiger partial charge in [0.25, 0.3) is 0 Å². The molecule has 0 saturated heterocycles. The van der Waals surface area contributed by atoms with Crippen molar-refractivity contribution in [1.29, 1.82) is 0 Å². The van der Waals surface area contributed by atoms with Gasteiger partial charge < -0.3 is 4.57 Å². The minimum atomic E-state index is 0.423. The molecule has 1 aromatic carbocycles. The van der Waals surface area contributed by atoms with Gasteiger partial charge in [0.15, 0.2) is 0 Å². The Labute approximate surface area is 118 Å². The molecular formula is C14H18Cl2N2. The monoisotopic (exact) mass is 284 g/mol. The molecule has 2 aromatic rings. The first-order chi connectivity index (χ1) is 8.63. The van der Waals surface area contributed by atoms with Crippen molar-refractivity contribution in [2.45, 2.75) is 39.1 Å². The van der Waals surface area contributed by atoms with Gasteiger partial charge in [-0.05, 0) is 30.9 Å². The summed E-state index contributed by atoms with van der Waals surface area (Å²) in [4.78, 5) is 4.54. The molecule has 2 nitrogen and oxygen atoms in total. The largest absolute Gasteiger partial charge is 0.326 e. The zero-order chi connectivity index (χ0) is 13.1. The Balaban J connectivity index is 2.34. The van der Waals surface area contributed by atoms with Crippen LogP contribution in [0.2, 0.25) is 5.02 Å². The second-order valence-corrected chi connectivity index (χ2v) is 5.63. The van der Waals surface area contributed by atoms with Crippen molar-refractivity contribution in [3.63, 3.8) is 0 Å². The second kappa shape index (κ2) is 5.94. The highest BCUT2D eigenvalue weighted by Gasteiger charge is 2.12. The number of rotatable bonds is 5. The standard InChI is InChI=1S/C14H18Cl2N2/c1-10(2)5-4-8-18-13(9-15)17-12-7-3-6-11(16)14(12)18/h3,6-7,10H,4-5,8-9H2,1-2H3. The van der Waals surface area contributed by atoms with Crippen LogP contribution in [0.25, 0.3) is 11.0 Å². The maximum absolute atomic E-state index is 6.27. The number of hydrogen-bond donors (Lipinski definition) is 0. The third-order valence-corrected chi connectivity index (χ3v) is 3.62. The lowest BCUT2D eigenvalue weighted by Gasteiger charge is -2.09. The van der Waals surface area contributed by atoms with Gasteiger partial charge in [0, 0.05) is 6.54 Å². The minimum absolute atomic E-state index is 0.423. The van der Waals surface area contributed by atoms with Crippen LogP contribution < -0.4 is 0 Å². The van der Waals surface area contributed by atoms with Crippen molar-refractivity contribution >= 4 is 34.2 Å². The lowest BCUT2D eigenvalue weighted by atomic mass is 10.1. The van der Waals surface area contributed by atoms with Crippen LogP contribution in [0.4, 0.5) is 0 Å². The van der Waals surface area contributed by atoms with Gasteiger partial charge in [-0.15, -0.1) is 11.6 Å². The molecule has 98 valence electrons. The van der Waals surface area contributed by atoms with Crippen LogP contribution in [-0.2, 0) is 12.4 Å². The summed E-state index contributed by atoms with van der Waals surface area (Å²) in [5.74, 6) is 2.05. The molecule has 2 rings (SSSR count). The Morgan fingerprint density at radius 1 is 1.33 bits per heavy atom. The van der Waals surface area contributed by atoms with E-state index in [0.29, 0.717) is 5.88 Å². The van der Waals surface area contributed by atoms with Crippen molar-refractivity contribution in [2.24, 2.45) is 5.92 Å². The Kier molecular flexibility index (Phi) is 4.52. The van der Waals surface area contributed by atoms with E-state index in [1.807, 2.05) is 18.2 Å². The van der Waals surface area contributed by atoms with E-state index in [-0.39, 0.29) is 0 Å². The van der Waals surface area contributed by atoms with E-state index in [0.717, 1.165) is 40.8 Å². The Hall–Kier alpha value is -0.730. The molecule has 0 unspecified atom stereocenters. The SMILES string of the molecule is CC(C)CCCn1c(CCl)nc2cccc(Cl)c21. The molecule has 0 amide bonds. The Morgan fingerprint density at radius 2 is 2.11 bits per heavy atom. The molecule has 0 bridgehead atoms. The molecule has 0 aliphatic rings. The number of fused-ring (bicyclic) bond motifs is 1. The summed E-state index contributed by atoms with van der Waals surface area (Å²) in [5, 5.41) is 0.751. The predicted molar refractivity (Wildman–Crippen MR) is 78.4 cm³/mol. The normalized spacial score (nSPS) is 11.6. The first kappa shape index (κ1) is 13.7. The molecule has 0 saturated carbocycles. The molecule has 1 aromatic heterocycles. The summed E-state index contributed by atoms with van der Waals surface area (Å²) in [5.41, 5.74) is 1.95. The molecule has 0 radical (unpaired) electrons. The molecule has 0 aliphatic carbocycles. The quantitative estimate of drug-likeness (QED) is 0.717. The van der Waals surface area contributed by atoms with E-state index >= 15 is 0 Å². The Bertz CT molecular complexity index is 532. The number of para-hydroxylation sites is 1. The van der Waals surface area contributed by atoms with Gasteiger partial charge in [-0.3, -0.25) is 0 Å². The number of alkyl halides is 1. The number of imidazole rings is 1. The van der Waals surface area contributed by atoms with Gasteiger partial charge in [0.1, 0.15) is 5.82 Å². The lowest BCUT2D eigenvalue weighted by molar-refractivity contribution is 0.512. The second-order valence-electron chi connectivity index (χ2n) is 4.96. The van der Waals surface area contributed by atoms with Crippen LogP contribution in [-0.4, -0.2) is 9.55 Å². The maximum atomic E-state index is 6.27. The van der Waals surface area contributed by atoms with Gasteiger partial charge in [0.05, 0.1) is 21.9 Å². The van der Waals surface area contributed by atoms with Crippen molar-refractivity contribution in [1.82, 2.24) is 9.55 Å². The molecule has 0 spiro atoms. The van der Waals surface area contributed by atoms with Crippen molar-refractivity contribution < 1.29 is 0 Å². The van der Waals surface area contributed by atoms with E-state index in [4.69, 9.17) is 23.2 Å². The van der Waals surface area contributed by atoms with Crippen LogP contribution in [0.15, 0.2) is 18.2 Å². The summed E-state index contributed by atoms with van der Waals surface area (Å²) in [6.07, 6.45) is 2.32. The fourth-order valence-corrected chi connectivity index (χ4v) is 2.67. The molecular weight excluding hydrogens is 267 g/mol. The highest BCUT2D eigenvalue weighted by molar-refractivity contribution is 6.35. The zero-order valence-corrected chi connectivity index (χ0v) is 12.3.